The smallest absolute Gasteiger partial charge is 0.284 e. The van der Waals surface area contributed by atoms with Gasteiger partial charge in [-0.05, 0) is 18.2 Å². The molecule has 0 aliphatic heterocycles. The van der Waals surface area contributed by atoms with E-state index in [1.54, 1.807) is 7.05 Å². The Morgan fingerprint density at radius 1 is 1.10 bits per heavy atom. The Labute approximate surface area is 177 Å². The van der Waals surface area contributed by atoms with Crippen LogP contribution >= 0.6 is 0 Å². The Hall–Kier alpha value is -3.43. The molecular weight excluding hydrogens is 406 g/mol. The third-order valence-electron chi connectivity index (χ3n) is 4.92. The van der Waals surface area contributed by atoms with Gasteiger partial charge in [-0.1, -0.05) is 38.5 Å². The fraction of sp³-hybridized carbons (Fsp3) is 0.381. The number of carbonyl (C=O) groups is 1. The summed E-state index contributed by atoms with van der Waals surface area (Å²) >= 11 is 0. The van der Waals surface area contributed by atoms with E-state index in [-0.39, 0.29) is 17.0 Å². The molecule has 164 valence electrons. The lowest BCUT2D eigenvalue weighted by atomic mass is 10.0. The lowest BCUT2D eigenvalue weighted by Gasteiger charge is -2.08. The highest BCUT2D eigenvalue weighted by molar-refractivity contribution is 5.93. The number of amides is 1. The number of hydrogen-bond acceptors (Lipinski definition) is 5. The van der Waals surface area contributed by atoms with Gasteiger partial charge in [0.15, 0.2) is 0 Å². The van der Waals surface area contributed by atoms with Gasteiger partial charge in [0.1, 0.15) is 16.9 Å². The van der Waals surface area contributed by atoms with Gasteiger partial charge < -0.3 is 5.73 Å². The molecule has 0 atom stereocenters. The van der Waals surface area contributed by atoms with Crippen molar-refractivity contribution in [2.24, 2.45) is 12.8 Å². The van der Waals surface area contributed by atoms with Crippen LogP contribution in [-0.2, 0) is 7.05 Å². The van der Waals surface area contributed by atoms with Crippen LogP contribution in [-0.4, -0.2) is 30.5 Å². The van der Waals surface area contributed by atoms with Crippen LogP contribution < -0.4 is 11.3 Å². The van der Waals surface area contributed by atoms with Crippen molar-refractivity contribution in [1.29, 1.82) is 0 Å². The summed E-state index contributed by atoms with van der Waals surface area (Å²) < 4.78 is 27.7. The van der Waals surface area contributed by atoms with Crippen molar-refractivity contribution in [3.63, 3.8) is 0 Å². The van der Waals surface area contributed by atoms with Gasteiger partial charge >= 0.3 is 0 Å². The minimum Gasteiger partial charge on any atom is -0.365 e. The first-order valence-electron chi connectivity index (χ1n) is 10.0. The number of nitrogens with zero attached hydrogens (tertiary/aromatic N) is 5. The number of halogens is 2. The lowest BCUT2D eigenvalue weighted by Crippen LogP contribution is -2.30. The van der Waals surface area contributed by atoms with E-state index >= 15 is 0 Å². The number of rotatable bonds is 4. The quantitative estimate of drug-likeness (QED) is 0.682. The summed E-state index contributed by atoms with van der Waals surface area (Å²) in [4.78, 5) is 27.6. The van der Waals surface area contributed by atoms with Gasteiger partial charge in [-0.15, -0.1) is 0 Å². The Balaban J connectivity index is 0.000000391. The van der Waals surface area contributed by atoms with Gasteiger partial charge in [0.2, 0.25) is 0 Å². The molecule has 2 N–H and O–H groups in total. The molecule has 0 saturated heterocycles. The van der Waals surface area contributed by atoms with Gasteiger partial charge in [-0.3, -0.25) is 19.3 Å². The highest BCUT2D eigenvalue weighted by Gasteiger charge is 2.17. The van der Waals surface area contributed by atoms with Crippen LogP contribution in [0.25, 0.3) is 16.9 Å². The molecule has 1 aliphatic rings. The number of pyridine rings is 1. The molecule has 10 heteroatoms. The largest absolute Gasteiger partial charge is 0.365 e. The van der Waals surface area contributed by atoms with Crippen molar-refractivity contribution < 1.29 is 13.6 Å². The molecule has 4 rings (SSSR count). The average molecular weight is 430 g/mol. The molecule has 31 heavy (non-hydrogen) atoms. The number of alkyl halides is 2. The van der Waals surface area contributed by atoms with Crippen LogP contribution in [0.1, 0.15) is 61.0 Å². The minimum atomic E-state index is -2.70. The Kier molecular flexibility index (Phi) is 7.22. The number of hydrogen-bond donors (Lipinski definition) is 1. The second kappa shape index (κ2) is 10.1. The van der Waals surface area contributed by atoms with E-state index in [1.165, 1.54) is 73.9 Å². The van der Waals surface area contributed by atoms with Crippen molar-refractivity contribution in [2.45, 2.75) is 45.0 Å². The minimum absolute atomic E-state index is 0.186. The molecule has 0 radical (unpaired) electrons. The maximum Gasteiger partial charge on any atom is 0.284 e. The van der Waals surface area contributed by atoms with Crippen LogP contribution in [0.5, 0.6) is 0 Å². The van der Waals surface area contributed by atoms with E-state index in [4.69, 9.17) is 5.73 Å². The zero-order chi connectivity index (χ0) is 22.4. The highest BCUT2D eigenvalue weighted by atomic mass is 19.3. The fourth-order valence-electron chi connectivity index (χ4n) is 3.25. The summed E-state index contributed by atoms with van der Waals surface area (Å²) in [6.07, 6.45) is 10.4. The molecule has 3 aromatic heterocycles. The zero-order valence-corrected chi connectivity index (χ0v) is 17.2. The van der Waals surface area contributed by atoms with Crippen molar-refractivity contribution in [3.05, 3.63) is 58.4 Å². The molecule has 1 saturated carbocycles. The molecule has 0 aromatic carbocycles. The van der Waals surface area contributed by atoms with Crippen LogP contribution in [0.4, 0.5) is 8.78 Å². The monoisotopic (exact) mass is 430 g/mol. The molecular formula is C21H24F2N6O2. The van der Waals surface area contributed by atoms with Crippen molar-refractivity contribution in [2.75, 3.05) is 0 Å². The van der Waals surface area contributed by atoms with Gasteiger partial charge in [0.05, 0.1) is 18.1 Å². The van der Waals surface area contributed by atoms with E-state index in [0.29, 0.717) is 11.3 Å². The molecule has 1 amide bonds. The number of primary amides is 1. The maximum atomic E-state index is 12.6. The number of carbonyl (C=O) groups excluding carboxylic acids is 1. The predicted molar refractivity (Wildman–Crippen MR) is 111 cm³/mol. The van der Waals surface area contributed by atoms with Crippen molar-refractivity contribution >= 4 is 5.91 Å². The topological polar surface area (TPSA) is 109 Å². The van der Waals surface area contributed by atoms with Gasteiger partial charge in [0, 0.05) is 18.8 Å². The molecule has 8 nitrogen and oxygen atoms in total. The average Bonchev–Trinajstić information content (AvgIpc) is 3.21. The normalized spacial score (nSPS) is 13.5. The second-order valence-corrected chi connectivity index (χ2v) is 7.29. The number of aryl methyl sites for hydroxylation is 1. The standard InChI is InChI=1S/C15H12F2N6O2.C6H12/c1-22-7-9(6-20-22)23-15(25)10(14(18)24)4-12(21-23)8-2-3-11(13(16)17)19-5-8;1-2-4-6-5-3-1/h2-7,13H,1H3,(H2,18,24);1-6H2. The Morgan fingerprint density at radius 3 is 2.19 bits per heavy atom. The van der Waals surface area contributed by atoms with E-state index in [0.717, 1.165) is 10.7 Å². The molecule has 0 spiro atoms. The third-order valence-corrected chi connectivity index (χ3v) is 4.92. The zero-order valence-electron chi connectivity index (χ0n) is 17.2. The van der Waals surface area contributed by atoms with E-state index in [9.17, 15) is 18.4 Å². The van der Waals surface area contributed by atoms with Crippen LogP contribution in [0.15, 0.2) is 41.6 Å². The van der Waals surface area contributed by atoms with Crippen LogP contribution in [0.2, 0.25) is 0 Å². The number of aromatic nitrogens is 5. The molecule has 3 heterocycles. The summed E-state index contributed by atoms with van der Waals surface area (Å²) in [7, 11) is 1.65. The summed E-state index contributed by atoms with van der Waals surface area (Å²) in [5.74, 6) is -0.927. The fourth-order valence-corrected chi connectivity index (χ4v) is 3.25. The molecule has 1 aliphatic carbocycles. The summed E-state index contributed by atoms with van der Waals surface area (Å²) in [5.41, 5.74) is 4.75. The Bertz CT molecular complexity index is 1080. The second-order valence-electron chi connectivity index (χ2n) is 7.29. The van der Waals surface area contributed by atoms with E-state index in [2.05, 4.69) is 15.2 Å². The summed E-state index contributed by atoms with van der Waals surface area (Å²) in [6, 6.07) is 3.72. The SMILES string of the molecule is C1CCCCC1.Cn1cc(-n2nc(-c3ccc(C(F)F)nc3)cc(C(N)=O)c2=O)cn1. The van der Waals surface area contributed by atoms with Crippen molar-refractivity contribution in [3.8, 4) is 16.9 Å². The molecule has 1 fully saturated rings. The third kappa shape index (κ3) is 5.59. The first-order chi connectivity index (χ1) is 14.9. The van der Waals surface area contributed by atoms with Crippen molar-refractivity contribution in [1.82, 2.24) is 24.5 Å². The Morgan fingerprint density at radius 2 is 1.74 bits per heavy atom. The maximum absolute atomic E-state index is 12.6. The van der Waals surface area contributed by atoms with Gasteiger partial charge in [0.25, 0.3) is 17.9 Å². The van der Waals surface area contributed by atoms with E-state index < -0.39 is 17.9 Å². The summed E-state index contributed by atoms with van der Waals surface area (Å²) in [5, 5.41) is 8.11. The summed E-state index contributed by atoms with van der Waals surface area (Å²) in [6.45, 7) is 0. The number of nitrogens with two attached hydrogens (primary N) is 1. The lowest BCUT2D eigenvalue weighted by molar-refractivity contribution is 0.0998. The van der Waals surface area contributed by atoms with Crippen LogP contribution in [0, 0.1) is 0 Å². The van der Waals surface area contributed by atoms with E-state index in [1.807, 2.05) is 0 Å². The molecule has 0 unspecified atom stereocenters. The predicted octanol–water partition coefficient (Wildman–Crippen LogP) is 3.41. The molecule has 0 bridgehead atoms. The first-order valence-corrected chi connectivity index (χ1v) is 10.0. The first kappa shape index (κ1) is 22.3. The highest BCUT2D eigenvalue weighted by Crippen LogP contribution is 2.21. The molecule has 3 aromatic rings. The van der Waals surface area contributed by atoms with Gasteiger partial charge in [-0.25, -0.2) is 8.78 Å². The van der Waals surface area contributed by atoms with Crippen LogP contribution in [0.3, 0.4) is 0 Å². The van der Waals surface area contributed by atoms with Gasteiger partial charge in [-0.2, -0.15) is 14.9 Å².